The van der Waals surface area contributed by atoms with Crippen LogP contribution in [0.5, 0.6) is 0 Å². The molecule has 1 aliphatic rings. The Bertz CT molecular complexity index is 1390. The molecule has 0 bridgehead atoms. The monoisotopic (exact) mass is 487 g/mol. The summed E-state index contributed by atoms with van der Waals surface area (Å²) in [5, 5.41) is 0. The highest BCUT2D eigenvalue weighted by Crippen LogP contribution is 2.27. The van der Waals surface area contributed by atoms with E-state index in [9.17, 15) is 18.0 Å². The molecule has 2 aromatic carbocycles. The zero-order valence-electron chi connectivity index (χ0n) is 18.6. The van der Waals surface area contributed by atoms with Gasteiger partial charge in [0, 0.05) is 13.6 Å². The molecule has 1 fully saturated rings. The zero-order chi connectivity index (χ0) is 23.8. The van der Waals surface area contributed by atoms with Crippen LogP contribution in [0.25, 0.3) is 10.2 Å². The Balaban J connectivity index is 1.66. The van der Waals surface area contributed by atoms with Crippen LogP contribution in [0.15, 0.2) is 52.4 Å². The fourth-order valence-electron chi connectivity index (χ4n) is 3.87. The number of carbonyl (C=O) groups excluding carboxylic acids is 2. The summed E-state index contributed by atoms with van der Waals surface area (Å²) in [7, 11) is -2.02. The third kappa shape index (κ3) is 4.50. The minimum absolute atomic E-state index is 0.173. The largest absolute Gasteiger partial charge is 0.462 e. The number of rotatable bonds is 5. The Labute approximate surface area is 196 Å². The van der Waals surface area contributed by atoms with E-state index in [-0.39, 0.29) is 18.0 Å². The van der Waals surface area contributed by atoms with Gasteiger partial charge in [-0.25, -0.2) is 13.2 Å². The van der Waals surface area contributed by atoms with E-state index in [4.69, 9.17) is 4.74 Å². The highest BCUT2D eigenvalue weighted by Gasteiger charge is 2.39. The lowest BCUT2D eigenvalue weighted by Gasteiger charge is -2.21. The van der Waals surface area contributed by atoms with Gasteiger partial charge in [-0.3, -0.25) is 4.79 Å². The average molecular weight is 488 g/mol. The molecule has 10 heteroatoms. The Hall–Kier alpha value is -2.82. The minimum Gasteiger partial charge on any atom is -0.462 e. The molecule has 3 aromatic rings. The molecular weight excluding hydrogens is 462 g/mol. The molecule has 8 nitrogen and oxygen atoms in total. The first-order chi connectivity index (χ1) is 15.7. The normalized spacial score (nSPS) is 17.5. The van der Waals surface area contributed by atoms with Gasteiger partial charge in [0.25, 0.3) is 5.91 Å². The van der Waals surface area contributed by atoms with Crippen LogP contribution >= 0.6 is 11.3 Å². The summed E-state index contributed by atoms with van der Waals surface area (Å²) in [4.78, 5) is 30.0. The van der Waals surface area contributed by atoms with Crippen molar-refractivity contribution in [1.82, 2.24) is 8.87 Å². The molecule has 1 unspecified atom stereocenters. The van der Waals surface area contributed by atoms with Crippen molar-refractivity contribution in [2.75, 3.05) is 13.2 Å². The second-order valence-electron chi connectivity index (χ2n) is 7.88. The van der Waals surface area contributed by atoms with Crippen molar-refractivity contribution in [2.24, 2.45) is 12.0 Å². The molecular formula is C23H25N3O5S2. The van der Waals surface area contributed by atoms with E-state index in [1.165, 1.54) is 15.6 Å². The molecule has 174 valence electrons. The number of thiazole rings is 1. The van der Waals surface area contributed by atoms with Crippen LogP contribution in [0.2, 0.25) is 0 Å². The number of fused-ring (bicyclic) bond motifs is 1. The van der Waals surface area contributed by atoms with Gasteiger partial charge < -0.3 is 9.30 Å². The molecule has 33 heavy (non-hydrogen) atoms. The van der Waals surface area contributed by atoms with Crippen LogP contribution in [-0.4, -0.2) is 48.4 Å². The molecule has 1 aromatic heterocycles. The lowest BCUT2D eigenvalue weighted by atomic mass is 10.2. The van der Waals surface area contributed by atoms with Gasteiger partial charge in [0.05, 0.1) is 27.3 Å². The maximum atomic E-state index is 13.2. The van der Waals surface area contributed by atoms with Crippen LogP contribution in [0.4, 0.5) is 0 Å². The SMILES string of the molecule is CCOC(=O)c1ccc2c(c1)sc(=NC(=O)C1CCCN1S(=O)(=O)c1ccc(C)cc1)n2C. The second-order valence-corrected chi connectivity index (χ2v) is 10.8. The number of aryl methyl sites for hydroxylation is 2. The maximum absolute atomic E-state index is 13.2. The van der Waals surface area contributed by atoms with Crippen molar-refractivity contribution in [3.05, 3.63) is 58.4 Å². The topological polar surface area (TPSA) is 98.0 Å². The molecule has 2 heterocycles. The molecule has 0 spiro atoms. The van der Waals surface area contributed by atoms with E-state index in [1.54, 1.807) is 61.0 Å². The molecule has 4 rings (SSSR count). The summed E-state index contributed by atoms with van der Waals surface area (Å²) >= 11 is 1.27. The lowest BCUT2D eigenvalue weighted by Crippen LogP contribution is -2.40. The maximum Gasteiger partial charge on any atom is 0.338 e. The van der Waals surface area contributed by atoms with Gasteiger partial charge in [0.1, 0.15) is 6.04 Å². The summed E-state index contributed by atoms with van der Waals surface area (Å²) in [6.07, 6.45) is 1.02. The quantitative estimate of drug-likeness (QED) is 0.516. The molecule has 0 saturated carbocycles. The van der Waals surface area contributed by atoms with Crippen molar-refractivity contribution >= 4 is 43.5 Å². The number of benzene rings is 2. The molecule has 0 aliphatic carbocycles. The number of esters is 1. The Morgan fingerprint density at radius 1 is 1.18 bits per heavy atom. The molecule has 0 radical (unpaired) electrons. The van der Waals surface area contributed by atoms with E-state index in [0.717, 1.165) is 15.8 Å². The van der Waals surface area contributed by atoms with Crippen LogP contribution in [0.3, 0.4) is 0 Å². The predicted octanol–water partition coefficient (Wildman–Crippen LogP) is 3.01. The average Bonchev–Trinajstić information content (AvgIpc) is 3.40. The zero-order valence-corrected chi connectivity index (χ0v) is 20.3. The molecule has 1 amide bonds. The van der Waals surface area contributed by atoms with Gasteiger partial charge >= 0.3 is 5.97 Å². The van der Waals surface area contributed by atoms with Crippen molar-refractivity contribution in [3.63, 3.8) is 0 Å². The van der Waals surface area contributed by atoms with Crippen molar-refractivity contribution in [3.8, 4) is 0 Å². The predicted molar refractivity (Wildman–Crippen MR) is 125 cm³/mol. The number of carbonyl (C=O) groups is 2. The van der Waals surface area contributed by atoms with E-state index in [0.29, 0.717) is 23.2 Å². The highest BCUT2D eigenvalue weighted by atomic mass is 32.2. The first-order valence-corrected chi connectivity index (χ1v) is 12.9. The van der Waals surface area contributed by atoms with E-state index >= 15 is 0 Å². The second kappa shape index (κ2) is 9.20. The third-order valence-electron chi connectivity index (χ3n) is 5.64. The Morgan fingerprint density at radius 3 is 2.61 bits per heavy atom. The van der Waals surface area contributed by atoms with Crippen molar-refractivity contribution < 1.29 is 22.7 Å². The van der Waals surface area contributed by atoms with Gasteiger partial charge in [-0.1, -0.05) is 29.0 Å². The number of hydrogen-bond acceptors (Lipinski definition) is 6. The van der Waals surface area contributed by atoms with Gasteiger partial charge in [-0.15, -0.1) is 0 Å². The summed E-state index contributed by atoms with van der Waals surface area (Å²) in [5.41, 5.74) is 2.20. The summed E-state index contributed by atoms with van der Waals surface area (Å²) in [6, 6.07) is 10.9. The third-order valence-corrected chi connectivity index (χ3v) is 8.66. The van der Waals surface area contributed by atoms with Gasteiger partial charge in [0.2, 0.25) is 10.0 Å². The number of amides is 1. The fraction of sp³-hybridized carbons (Fsp3) is 0.348. The summed E-state index contributed by atoms with van der Waals surface area (Å²) < 4.78 is 35.2. The van der Waals surface area contributed by atoms with Gasteiger partial charge in [0.15, 0.2) is 4.80 Å². The number of hydrogen-bond donors (Lipinski definition) is 0. The molecule has 0 N–H and O–H groups in total. The number of sulfonamides is 1. The highest BCUT2D eigenvalue weighted by molar-refractivity contribution is 7.89. The fourth-order valence-corrected chi connectivity index (χ4v) is 6.59. The molecule has 1 aliphatic heterocycles. The standard InChI is InChI=1S/C23H25N3O5S2/c1-4-31-22(28)16-9-12-18-20(14-16)32-23(25(18)3)24-21(27)19-6-5-13-26(19)33(29,30)17-10-7-15(2)8-11-17/h7-12,14,19H,4-6,13H2,1-3H3. The number of ether oxygens (including phenoxy) is 1. The first kappa shape index (κ1) is 23.3. The molecule has 1 saturated heterocycles. The number of aromatic nitrogens is 1. The molecule has 1 atom stereocenters. The number of nitrogens with zero attached hydrogens (tertiary/aromatic N) is 3. The van der Waals surface area contributed by atoms with Crippen molar-refractivity contribution in [1.29, 1.82) is 0 Å². The van der Waals surface area contributed by atoms with Crippen LogP contribution < -0.4 is 4.80 Å². The van der Waals surface area contributed by atoms with Crippen molar-refractivity contribution in [2.45, 2.75) is 37.6 Å². The summed E-state index contributed by atoms with van der Waals surface area (Å²) in [5.74, 6) is -0.899. The summed E-state index contributed by atoms with van der Waals surface area (Å²) in [6.45, 7) is 4.20. The van der Waals surface area contributed by atoms with Crippen LogP contribution in [0, 0.1) is 6.92 Å². The smallest absolute Gasteiger partial charge is 0.338 e. The van der Waals surface area contributed by atoms with E-state index < -0.39 is 27.9 Å². The Kier molecular flexibility index (Phi) is 6.51. The first-order valence-electron chi connectivity index (χ1n) is 10.7. The Morgan fingerprint density at radius 2 is 1.91 bits per heavy atom. The van der Waals surface area contributed by atoms with E-state index in [2.05, 4.69) is 4.99 Å². The minimum atomic E-state index is -3.80. The van der Waals surface area contributed by atoms with Gasteiger partial charge in [-0.05, 0) is 57.0 Å². The van der Waals surface area contributed by atoms with Crippen LogP contribution in [0.1, 0.15) is 35.7 Å². The van der Waals surface area contributed by atoms with E-state index in [1.807, 2.05) is 6.92 Å². The van der Waals surface area contributed by atoms with Crippen LogP contribution in [-0.2, 0) is 26.6 Å². The lowest BCUT2D eigenvalue weighted by molar-refractivity contribution is -0.121. The van der Waals surface area contributed by atoms with Gasteiger partial charge in [-0.2, -0.15) is 9.30 Å².